The summed E-state index contributed by atoms with van der Waals surface area (Å²) in [6, 6.07) is 10.4. The second-order valence-electron chi connectivity index (χ2n) is 4.21. The molecule has 0 radical (unpaired) electrons. The van der Waals surface area contributed by atoms with Gasteiger partial charge in [0.25, 0.3) is 0 Å². The topological polar surface area (TPSA) is 65.1 Å². The lowest BCUT2D eigenvalue weighted by molar-refractivity contribution is 0.170. The van der Waals surface area contributed by atoms with E-state index in [2.05, 4.69) is 34.3 Å². The van der Waals surface area contributed by atoms with Crippen LogP contribution in [0.15, 0.2) is 35.5 Å². The summed E-state index contributed by atoms with van der Waals surface area (Å²) in [6.07, 6.45) is 0. The Bertz CT molecular complexity index is 371. The molecule has 92 valence electrons. The van der Waals surface area contributed by atoms with E-state index >= 15 is 0 Å². The normalized spacial score (nSPS) is 18.4. The summed E-state index contributed by atoms with van der Waals surface area (Å²) >= 11 is 0. The van der Waals surface area contributed by atoms with Crippen LogP contribution in [0.5, 0.6) is 0 Å². The maximum absolute atomic E-state index is 8.60. The number of rotatable bonds is 2. The fourth-order valence-electron chi connectivity index (χ4n) is 2.04. The molecule has 3 N–H and O–H groups in total. The van der Waals surface area contributed by atoms with E-state index in [-0.39, 0.29) is 5.96 Å². The van der Waals surface area contributed by atoms with E-state index in [9.17, 15) is 0 Å². The summed E-state index contributed by atoms with van der Waals surface area (Å²) in [5.41, 5.74) is 6.88. The molecule has 1 heterocycles. The number of hydrogen-bond acceptors (Lipinski definition) is 3. The van der Waals surface area contributed by atoms with E-state index in [0.29, 0.717) is 0 Å². The van der Waals surface area contributed by atoms with Crippen LogP contribution in [0, 0.1) is 0 Å². The van der Waals surface area contributed by atoms with Crippen molar-refractivity contribution in [3.8, 4) is 0 Å². The first-order chi connectivity index (χ1) is 8.29. The number of nitrogens with two attached hydrogens (primary N) is 1. The molecule has 17 heavy (non-hydrogen) atoms. The molecule has 0 saturated carbocycles. The molecule has 0 atom stereocenters. The van der Waals surface area contributed by atoms with Gasteiger partial charge in [-0.25, -0.2) is 0 Å². The maximum Gasteiger partial charge on any atom is 0.233 e. The van der Waals surface area contributed by atoms with Gasteiger partial charge in [0.15, 0.2) is 0 Å². The highest BCUT2D eigenvalue weighted by Gasteiger charge is 2.18. The van der Waals surface area contributed by atoms with E-state index in [0.717, 1.165) is 32.7 Å². The van der Waals surface area contributed by atoms with Crippen LogP contribution < -0.4 is 5.73 Å². The Kier molecular flexibility index (Phi) is 3.82. The first-order valence-corrected chi connectivity index (χ1v) is 5.78. The summed E-state index contributed by atoms with van der Waals surface area (Å²) in [4.78, 5) is 4.26. The SMILES string of the molecule is N/C(=N/O)N1CCN(Cc2ccccc2)CC1. The third-order valence-electron chi connectivity index (χ3n) is 3.05. The molecule has 5 heteroatoms. The Morgan fingerprint density at radius 1 is 1.18 bits per heavy atom. The molecule has 2 rings (SSSR count). The Balaban J connectivity index is 1.84. The molecule has 0 spiro atoms. The molecule has 0 amide bonds. The highest BCUT2D eigenvalue weighted by Crippen LogP contribution is 2.07. The van der Waals surface area contributed by atoms with Gasteiger partial charge in [0.05, 0.1) is 0 Å². The zero-order chi connectivity index (χ0) is 12.1. The van der Waals surface area contributed by atoms with Gasteiger partial charge in [-0.15, -0.1) is 0 Å². The molecule has 1 fully saturated rings. The van der Waals surface area contributed by atoms with Crippen LogP contribution in [0.1, 0.15) is 5.56 Å². The van der Waals surface area contributed by atoms with Crippen molar-refractivity contribution in [3.05, 3.63) is 35.9 Å². The number of guanidine groups is 1. The zero-order valence-corrected chi connectivity index (χ0v) is 9.79. The predicted octanol–water partition coefficient (Wildman–Crippen LogP) is 0.508. The van der Waals surface area contributed by atoms with Crippen LogP contribution in [-0.2, 0) is 6.54 Å². The highest BCUT2D eigenvalue weighted by atomic mass is 16.4. The number of nitrogens with zero attached hydrogens (tertiary/aromatic N) is 3. The highest BCUT2D eigenvalue weighted by molar-refractivity contribution is 5.77. The minimum atomic E-state index is 0.212. The van der Waals surface area contributed by atoms with Crippen molar-refractivity contribution in [2.45, 2.75) is 6.54 Å². The Morgan fingerprint density at radius 3 is 2.41 bits per heavy atom. The molecule has 1 aromatic rings. The Hall–Kier alpha value is -1.75. The first kappa shape index (κ1) is 11.7. The second-order valence-corrected chi connectivity index (χ2v) is 4.21. The quantitative estimate of drug-likeness (QED) is 0.339. The largest absolute Gasteiger partial charge is 0.408 e. The van der Waals surface area contributed by atoms with Crippen LogP contribution in [0.25, 0.3) is 0 Å². The maximum atomic E-state index is 8.60. The van der Waals surface area contributed by atoms with Gasteiger partial charge in [0.1, 0.15) is 0 Å². The molecule has 0 unspecified atom stereocenters. The van der Waals surface area contributed by atoms with Crippen LogP contribution in [0.2, 0.25) is 0 Å². The number of hydrogen-bond donors (Lipinski definition) is 2. The molecule has 0 aromatic heterocycles. The van der Waals surface area contributed by atoms with Gasteiger partial charge in [0, 0.05) is 32.7 Å². The van der Waals surface area contributed by atoms with Gasteiger partial charge in [-0.3, -0.25) is 4.90 Å². The summed E-state index contributed by atoms with van der Waals surface area (Å²) in [5, 5.41) is 11.6. The number of benzene rings is 1. The van der Waals surface area contributed by atoms with Gasteiger partial charge in [-0.1, -0.05) is 35.5 Å². The molecule has 1 aliphatic rings. The number of oxime groups is 1. The third-order valence-corrected chi connectivity index (χ3v) is 3.05. The van der Waals surface area contributed by atoms with Crippen molar-refractivity contribution in [3.63, 3.8) is 0 Å². The van der Waals surface area contributed by atoms with E-state index < -0.39 is 0 Å². The molecule has 1 saturated heterocycles. The van der Waals surface area contributed by atoms with Gasteiger partial charge in [-0.2, -0.15) is 0 Å². The Labute approximate surface area is 101 Å². The average molecular weight is 234 g/mol. The van der Waals surface area contributed by atoms with Crippen LogP contribution in [0.3, 0.4) is 0 Å². The number of piperazine rings is 1. The fourth-order valence-corrected chi connectivity index (χ4v) is 2.04. The molecular weight excluding hydrogens is 216 g/mol. The molecule has 1 aromatic carbocycles. The van der Waals surface area contributed by atoms with Gasteiger partial charge < -0.3 is 15.8 Å². The van der Waals surface area contributed by atoms with Crippen molar-refractivity contribution in [1.29, 1.82) is 0 Å². The monoisotopic (exact) mass is 234 g/mol. The summed E-state index contributed by atoms with van der Waals surface area (Å²) in [5.74, 6) is 0.212. The van der Waals surface area contributed by atoms with Crippen molar-refractivity contribution in [2.24, 2.45) is 10.9 Å². The molecule has 5 nitrogen and oxygen atoms in total. The van der Waals surface area contributed by atoms with E-state index in [4.69, 9.17) is 10.9 Å². The first-order valence-electron chi connectivity index (χ1n) is 5.78. The fraction of sp³-hybridized carbons (Fsp3) is 0.417. The molecular formula is C12H18N4O. The van der Waals surface area contributed by atoms with Gasteiger partial charge in [-0.05, 0) is 5.56 Å². The van der Waals surface area contributed by atoms with Crippen LogP contribution >= 0.6 is 0 Å². The van der Waals surface area contributed by atoms with Crippen LogP contribution in [0.4, 0.5) is 0 Å². The molecule has 0 bridgehead atoms. The second kappa shape index (κ2) is 5.54. The van der Waals surface area contributed by atoms with Crippen LogP contribution in [-0.4, -0.2) is 47.1 Å². The lowest BCUT2D eigenvalue weighted by Gasteiger charge is -2.34. The third kappa shape index (κ3) is 3.10. The predicted molar refractivity (Wildman–Crippen MR) is 66.7 cm³/mol. The summed E-state index contributed by atoms with van der Waals surface area (Å²) in [7, 11) is 0. The van der Waals surface area contributed by atoms with Crippen molar-refractivity contribution < 1.29 is 5.21 Å². The van der Waals surface area contributed by atoms with Gasteiger partial charge >= 0.3 is 0 Å². The zero-order valence-electron chi connectivity index (χ0n) is 9.79. The summed E-state index contributed by atoms with van der Waals surface area (Å²) in [6.45, 7) is 4.45. The lowest BCUT2D eigenvalue weighted by Crippen LogP contribution is -2.50. The Morgan fingerprint density at radius 2 is 1.82 bits per heavy atom. The average Bonchev–Trinajstić information content (AvgIpc) is 2.40. The van der Waals surface area contributed by atoms with E-state index in [1.54, 1.807) is 0 Å². The van der Waals surface area contributed by atoms with Crippen molar-refractivity contribution in [1.82, 2.24) is 9.80 Å². The van der Waals surface area contributed by atoms with E-state index in [1.807, 2.05) is 11.0 Å². The van der Waals surface area contributed by atoms with E-state index in [1.165, 1.54) is 5.56 Å². The van der Waals surface area contributed by atoms with Crippen molar-refractivity contribution >= 4 is 5.96 Å². The minimum Gasteiger partial charge on any atom is -0.408 e. The smallest absolute Gasteiger partial charge is 0.233 e. The molecule has 1 aliphatic heterocycles. The van der Waals surface area contributed by atoms with Gasteiger partial charge in [0.2, 0.25) is 5.96 Å². The standard InChI is InChI=1S/C12H18N4O/c13-12(14-17)16-8-6-15(7-9-16)10-11-4-2-1-3-5-11/h1-5,17H,6-10H2,(H2,13,14). The summed E-state index contributed by atoms with van der Waals surface area (Å²) < 4.78 is 0. The minimum absolute atomic E-state index is 0.212. The molecule has 0 aliphatic carbocycles. The van der Waals surface area contributed by atoms with Crippen molar-refractivity contribution in [2.75, 3.05) is 26.2 Å². The lowest BCUT2D eigenvalue weighted by atomic mass is 10.2.